The lowest BCUT2D eigenvalue weighted by Crippen LogP contribution is -2.46. The minimum Gasteiger partial charge on any atom is -0.444 e. The van der Waals surface area contributed by atoms with Crippen molar-refractivity contribution in [1.82, 2.24) is 0 Å². The number of rotatable bonds is 2. The van der Waals surface area contributed by atoms with Crippen LogP contribution >= 0.6 is 0 Å². The molecule has 6 nitrogen and oxygen atoms in total. The number of carbonyl (C=O) groups excluding carboxylic acids is 2. The molecule has 1 saturated heterocycles. The third-order valence-electron chi connectivity index (χ3n) is 2.28. The van der Waals surface area contributed by atoms with E-state index in [0.29, 0.717) is 11.6 Å². The molecule has 2 rings (SSSR count). The third-order valence-corrected chi connectivity index (χ3v) is 2.28. The summed E-state index contributed by atoms with van der Waals surface area (Å²) in [6, 6.07) is 3.36. The Morgan fingerprint density at radius 1 is 1.22 bits per heavy atom. The maximum Gasteiger partial charge on any atom is 0.329 e. The van der Waals surface area contributed by atoms with E-state index in [9.17, 15) is 9.59 Å². The quantitative estimate of drug-likeness (QED) is 0.454. The van der Waals surface area contributed by atoms with E-state index in [1.165, 1.54) is 13.8 Å². The summed E-state index contributed by atoms with van der Waals surface area (Å²) < 4.78 is 15.1. The number of cyclic esters (lactones) is 2. The van der Waals surface area contributed by atoms with Gasteiger partial charge in [0.2, 0.25) is 5.88 Å². The molecule has 6 heteroatoms. The number of aliphatic imine (C=N–C) groups is 1. The highest BCUT2D eigenvalue weighted by Crippen LogP contribution is 2.23. The first-order valence-electron chi connectivity index (χ1n) is 5.44. The minimum atomic E-state index is -1.22. The Bertz CT molecular complexity index is 494. The van der Waals surface area contributed by atoms with Gasteiger partial charge in [0.15, 0.2) is 5.92 Å². The lowest BCUT2D eigenvalue weighted by Gasteiger charge is -2.31. The van der Waals surface area contributed by atoms with Crippen LogP contribution in [0.2, 0.25) is 0 Å². The molecular weight excluding hydrogens is 238 g/mol. The van der Waals surface area contributed by atoms with E-state index in [-0.39, 0.29) is 0 Å². The summed E-state index contributed by atoms with van der Waals surface area (Å²) in [5.41, 5.74) is 0. The molecule has 0 radical (unpaired) electrons. The van der Waals surface area contributed by atoms with Crippen LogP contribution in [-0.2, 0) is 19.1 Å². The van der Waals surface area contributed by atoms with Crippen LogP contribution < -0.4 is 0 Å². The van der Waals surface area contributed by atoms with E-state index >= 15 is 0 Å². The topological polar surface area (TPSA) is 78.1 Å². The summed E-state index contributed by atoms with van der Waals surface area (Å²) >= 11 is 0. The molecule has 0 saturated carbocycles. The van der Waals surface area contributed by atoms with Gasteiger partial charge in [0.25, 0.3) is 5.79 Å². The molecule has 0 spiro atoms. The van der Waals surface area contributed by atoms with Gasteiger partial charge in [0.05, 0.1) is 0 Å². The molecule has 1 aliphatic heterocycles. The Morgan fingerprint density at radius 3 is 2.33 bits per heavy atom. The fourth-order valence-electron chi connectivity index (χ4n) is 1.49. The molecular formula is C12H13NO5. The summed E-state index contributed by atoms with van der Waals surface area (Å²) in [6.07, 6.45) is 1.16. The van der Waals surface area contributed by atoms with Gasteiger partial charge in [-0.3, -0.25) is 9.59 Å². The Kier molecular flexibility index (Phi) is 2.94. The van der Waals surface area contributed by atoms with Crippen molar-refractivity contribution in [2.75, 3.05) is 0 Å². The molecule has 0 N–H and O–H groups in total. The predicted molar refractivity (Wildman–Crippen MR) is 61.4 cm³/mol. The monoisotopic (exact) mass is 251 g/mol. The summed E-state index contributed by atoms with van der Waals surface area (Å²) in [7, 11) is 0. The second-order valence-electron chi connectivity index (χ2n) is 4.38. The summed E-state index contributed by atoms with van der Waals surface area (Å²) in [4.78, 5) is 27.1. The summed E-state index contributed by atoms with van der Waals surface area (Å²) in [5.74, 6) is -2.72. The van der Waals surface area contributed by atoms with E-state index in [4.69, 9.17) is 13.9 Å². The summed E-state index contributed by atoms with van der Waals surface area (Å²) in [5, 5.41) is 0. The van der Waals surface area contributed by atoms with Crippen molar-refractivity contribution in [2.45, 2.75) is 26.6 Å². The first kappa shape index (κ1) is 12.3. The zero-order chi connectivity index (χ0) is 13.3. The van der Waals surface area contributed by atoms with Gasteiger partial charge >= 0.3 is 11.9 Å². The molecule has 1 aromatic rings. The predicted octanol–water partition coefficient (Wildman–Crippen LogP) is 1.74. The average molecular weight is 251 g/mol. The van der Waals surface area contributed by atoms with Gasteiger partial charge in [0.1, 0.15) is 5.76 Å². The molecule has 1 aliphatic rings. The van der Waals surface area contributed by atoms with Crippen LogP contribution in [0.3, 0.4) is 0 Å². The third kappa shape index (κ3) is 2.58. The van der Waals surface area contributed by atoms with E-state index in [2.05, 4.69) is 4.99 Å². The molecule has 0 aromatic carbocycles. The Balaban J connectivity index is 2.12. The van der Waals surface area contributed by atoms with Crippen molar-refractivity contribution in [2.24, 2.45) is 10.9 Å². The van der Waals surface area contributed by atoms with Gasteiger partial charge in [-0.15, -0.1) is 0 Å². The molecule has 0 bridgehead atoms. The van der Waals surface area contributed by atoms with Crippen molar-refractivity contribution in [1.29, 1.82) is 0 Å². The minimum absolute atomic E-state index is 0.318. The number of carbonyl (C=O) groups is 2. The maximum absolute atomic E-state index is 11.6. The zero-order valence-electron chi connectivity index (χ0n) is 10.3. The highest BCUT2D eigenvalue weighted by molar-refractivity contribution is 6.10. The second kappa shape index (κ2) is 4.29. The van der Waals surface area contributed by atoms with Crippen LogP contribution in [0.25, 0.3) is 0 Å². The Labute approximate surface area is 104 Å². The molecule has 2 heterocycles. The number of nitrogens with zero attached hydrogens (tertiary/aromatic N) is 1. The molecule has 0 atom stereocenters. The van der Waals surface area contributed by atoms with Gasteiger partial charge in [-0.1, -0.05) is 0 Å². The maximum atomic E-state index is 11.6. The molecule has 1 aromatic heterocycles. The number of ether oxygens (including phenoxy) is 2. The molecule has 0 aliphatic carbocycles. The molecule has 18 heavy (non-hydrogen) atoms. The van der Waals surface area contributed by atoms with Crippen LogP contribution in [0.15, 0.2) is 21.5 Å². The van der Waals surface area contributed by atoms with E-state index < -0.39 is 23.6 Å². The average Bonchev–Trinajstić information content (AvgIpc) is 2.61. The van der Waals surface area contributed by atoms with Crippen molar-refractivity contribution in [3.8, 4) is 0 Å². The zero-order valence-corrected chi connectivity index (χ0v) is 10.3. The Morgan fingerprint density at radius 2 is 1.83 bits per heavy atom. The molecule has 96 valence electrons. The SMILES string of the molecule is Cc1ccc(/N=C\C2C(=O)OC(C)(C)OC2=O)o1. The van der Waals surface area contributed by atoms with E-state index in [1.807, 2.05) is 0 Å². The van der Waals surface area contributed by atoms with Gasteiger partial charge in [-0.2, -0.15) is 0 Å². The van der Waals surface area contributed by atoms with Gasteiger partial charge in [-0.25, -0.2) is 4.99 Å². The van der Waals surface area contributed by atoms with Crippen molar-refractivity contribution >= 4 is 24.0 Å². The van der Waals surface area contributed by atoms with E-state index in [1.54, 1.807) is 19.1 Å². The normalized spacial score (nSPS) is 19.9. The largest absolute Gasteiger partial charge is 0.444 e. The van der Waals surface area contributed by atoms with E-state index in [0.717, 1.165) is 6.21 Å². The van der Waals surface area contributed by atoms with Gasteiger partial charge in [0, 0.05) is 26.1 Å². The molecule has 0 amide bonds. The first-order chi connectivity index (χ1) is 8.37. The fraction of sp³-hybridized carbons (Fsp3) is 0.417. The molecule has 1 fully saturated rings. The van der Waals surface area contributed by atoms with Gasteiger partial charge in [-0.05, 0) is 13.0 Å². The highest BCUT2D eigenvalue weighted by Gasteiger charge is 2.42. The standard InChI is InChI=1S/C12H13NO5/c1-7-4-5-9(16-7)13-6-8-10(14)17-12(2,3)18-11(8)15/h4-6,8H,1-3H3/b13-6-. The second-order valence-corrected chi connectivity index (χ2v) is 4.38. The lowest BCUT2D eigenvalue weighted by atomic mass is 10.1. The summed E-state index contributed by atoms with van der Waals surface area (Å²) in [6.45, 7) is 4.75. The van der Waals surface area contributed by atoms with Crippen LogP contribution in [0.5, 0.6) is 0 Å². The van der Waals surface area contributed by atoms with Crippen LogP contribution in [0.4, 0.5) is 5.88 Å². The molecule has 0 unspecified atom stereocenters. The smallest absolute Gasteiger partial charge is 0.329 e. The van der Waals surface area contributed by atoms with Crippen molar-refractivity contribution in [3.63, 3.8) is 0 Å². The fourth-order valence-corrected chi connectivity index (χ4v) is 1.49. The number of hydrogen-bond donors (Lipinski definition) is 0. The van der Waals surface area contributed by atoms with Gasteiger partial charge < -0.3 is 13.9 Å². The number of hydrogen-bond acceptors (Lipinski definition) is 6. The number of furan rings is 1. The number of esters is 2. The van der Waals surface area contributed by atoms with Crippen molar-refractivity contribution < 1.29 is 23.5 Å². The van der Waals surface area contributed by atoms with Crippen molar-refractivity contribution in [3.05, 3.63) is 17.9 Å². The lowest BCUT2D eigenvalue weighted by molar-refractivity contribution is -0.235. The van der Waals surface area contributed by atoms with Crippen LogP contribution in [-0.4, -0.2) is 23.9 Å². The Hall–Kier alpha value is -2.11. The first-order valence-corrected chi connectivity index (χ1v) is 5.44. The van der Waals surface area contributed by atoms with Crippen LogP contribution in [0.1, 0.15) is 19.6 Å². The number of aryl methyl sites for hydroxylation is 1. The van der Waals surface area contributed by atoms with Crippen LogP contribution in [0, 0.1) is 12.8 Å². The highest BCUT2D eigenvalue weighted by atomic mass is 16.7.